The van der Waals surface area contributed by atoms with Crippen LogP contribution in [0.1, 0.15) is 5.69 Å². The van der Waals surface area contributed by atoms with Gasteiger partial charge in [-0.1, -0.05) is 23.2 Å². The molecule has 0 saturated carbocycles. The number of carbonyl (C=O) groups is 1. The van der Waals surface area contributed by atoms with E-state index in [1.807, 2.05) is 0 Å². The molecular weight excluding hydrogens is 287 g/mol. The zero-order valence-electron chi connectivity index (χ0n) is 9.73. The van der Waals surface area contributed by atoms with Gasteiger partial charge in [-0.2, -0.15) is 0 Å². The van der Waals surface area contributed by atoms with Gasteiger partial charge in [-0.25, -0.2) is 0 Å². The number of benzene rings is 1. The first-order chi connectivity index (χ1) is 8.97. The fraction of sp³-hybridized carbons (Fsp3) is 0.0769. The summed E-state index contributed by atoms with van der Waals surface area (Å²) in [4.78, 5) is 14.7. The van der Waals surface area contributed by atoms with Gasteiger partial charge in [-0.15, -0.1) is 0 Å². The number of aliphatic carboxylic acids is 1. The van der Waals surface area contributed by atoms with Crippen LogP contribution in [0.2, 0.25) is 10.0 Å². The highest BCUT2D eigenvalue weighted by Gasteiger charge is 2.10. The van der Waals surface area contributed by atoms with Gasteiger partial charge in [-0.05, 0) is 24.3 Å². The van der Waals surface area contributed by atoms with Crippen molar-refractivity contribution in [1.29, 1.82) is 0 Å². The molecule has 0 aliphatic rings. The lowest BCUT2D eigenvalue weighted by Gasteiger charge is -2.08. The van der Waals surface area contributed by atoms with Crippen LogP contribution in [0, 0.1) is 0 Å². The van der Waals surface area contributed by atoms with E-state index in [4.69, 9.17) is 34.0 Å². The number of carboxylic acids is 1. The van der Waals surface area contributed by atoms with E-state index in [1.165, 1.54) is 6.20 Å². The average molecular weight is 297 g/mol. The van der Waals surface area contributed by atoms with Gasteiger partial charge in [0.15, 0.2) is 0 Å². The molecule has 1 aromatic carbocycles. The number of carboxylic acid groups (broad SMARTS) is 1. The van der Waals surface area contributed by atoms with Gasteiger partial charge in [0.2, 0.25) is 0 Å². The molecule has 0 bridgehead atoms. The van der Waals surface area contributed by atoms with E-state index in [-0.39, 0.29) is 6.42 Å². The van der Waals surface area contributed by atoms with Gasteiger partial charge in [-0.3, -0.25) is 9.78 Å². The Morgan fingerprint density at radius 1 is 1.32 bits per heavy atom. The standard InChI is InChI=1S/C13H10Cl2N2O2/c14-8-1-2-10(15)9(4-8)7-3-11(16)12(17-6-7)5-13(18)19/h1-4,6H,5,16H2,(H,18,19). The zero-order chi connectivity index (χ0) is 14.0. The lowest BCUT2D eigenvalue weighted by molar-refractivity contribution is -0.136. The molecule has 0 radical (unpaired) electrons. The largest absolute Gasteiger partial charge is 0.481 e. The van der Waals surface area contributed by atoms with E-state index in [2.05, 4.69) is 4.98 Å². The molecule has 1 heterocycles. The molecule has 0 atom stereocenters. The third-order valence-electron chi connectivity index (χ3n) is 2.56. The molecule has 0 aliphatic heterocycles. The molecule has 98 valence electrons. The summed E-state index contributed by atoms with van der Waals surface area (Å²) in [6, 6.07) is 6.71. The van der Waals surface area contributed by atoms with Crippen LogP contribution in [-0.2, 0) is 11.2 Å². The van der Waals surface area contributed by atoms with Crippen molar-refractivity contribution in [3.05, 3.63) is 46.2 Å². The number of pyridine rings is 1. The van der Waals surface area contributed by atoms with Gasteiger partial charge >= 0.3 is 5.97 Å². The summed E-state index contributed by atoms with van der Waals surface area (Å²) < 4.78 is 0. The van der Waals surface area contributed by atoms with Crippen molar-refractivity contribution in [2.45, 2.75) is 6.42 Å². The number of nitrogens with zero attached hydrogens (tertiary/aromatic N) is 1. The summed E-state index contributed by atoms with van der Waals surface area (Å²) in [5.41, 5.74) is 7.83. The number of hydrogen-bond donors (Lipinski definition) is 2. The molecule has 4 nitrogen and oxygen atoms in total. The maximum Gasteiger partial charge on any atom is 0.309 e. The number of halogens is 2. The summed E-state index contributed by atoms with van der Waals surface area (Å²) in [7, 11) is 0. The number of anilines is 1. The monoisotopic (exact) mass is 296 g/mol. The van der Waals surface area contributed by atoms with Gasteiger partial charge < -0.3 is 10.8 Å². The third kappa shape index (κ3) is 3.16. The van der Waals surface area contributed by atoms with E-state index in [9.17, 15) is 4.79 Å². The first kappa shape index (κ1) is 13.6. The van der Waals surface area contributed by atoms with Gasteiger partial charge in [0.25, 0.3) is 0 Å². The van der Waals surface area contributed by atoms with Crippen LogP contribution in [0.5, 0.6) is 0 Å². The van der Waals surface area contributed by atoms with Crippen molar-refractivity contribution in [2.75, 3.05) is 5.73 Å². The molecule has 0 aliphatic carbocycles. The van der Waals surface area contributed by atoms with Gasteiger partial charge in [0.1, 0.15) is 0 Å². The molecule has 2 aromatic rings. The molecule has 0 fully saturated rings. The number of aromatic nitrogens is 1. The number of nitrogen functional groups attached to an aromatic ring is 1. The fourth-order valence-corrected chi connectivity index (χ4v) is 2.07. The Hall–Kier alpha value is -1.78. The van der Waals surface area contributed by atoms with Gasteiger partial charge in [0.05, 0.1) is 17.8 Å². The Kier molecular flexibility index (Phi) is 3.93. The second-order valence-corrected chi connectivity index (χ2v) is 4.80. The van der Waals surface area contributed by atoms with Crippen LogP contribution in [-0.4, -0.2) is 16.1 Å². The van der Waals surface area contributed by atoms with Crippen LogP contribution < -0.4 is 5.73 Å². The van der Waals surface area contributed by atoms with Gasteiger partial charge in [0, 0.05) is 27.4 Å². The highest BCUT2D eigenvalue weighted by atomic mass is 35.5. The summed E-state index contributed by atoms with van der Waals surface area (Å²) in [6.45, 7) is 0. The third-order valence-corrected chi connectivity index (χ3v) is 3.13. The molecular formula is C13H10Cl2N2O2. The SMILES string of the molecule is Nc1cc(-c2cc(Cl)ccc2Cl)cnc1CC(=O)O. The molecule has 0 unspecified atom stereocenters. The van der Waals surface area contributed by atoms with E-state index in [0.717, 1.165) is 0 Å². The lowest BCUT2D eigenvalue weighted by Crippen LogP contribution is -2.06. The Bertz CT molecular complexity index is 645. The normalized spacial score (nSPS) is 10.4. The molecule has 0 amide bonds. The first-order valence-electron chi connectivity index (χ1n) is 5.39. The van der Waals surface area contributed by atoms with Crippen LogP contribution in [0.25, 0.3) is 11.1 Å². The molecule has 1 aromatic heterocycles. The van der Waals surface area contributed by atoms with Crippen molar-refractivity contribution in [3.8, 4) is 11.1 Å². The lowest BCUT2D eigenvalue weighted by atomic mass is 10.1. The fourth-order valence-electron chi connectivity index (χ4n) is 1.67. The Morgan fingerprint density at radius 2 is 2.05 bits per heavy atom. The number of rotatable bonds is 3. The van der Waals surface area contributed by atoms with E-state index < -0.39 is 5.97 Å². The van der Waals surface area contributed by atoms with Crippen LogP contribution in [0.3, 0.4) is 0 Å². The molecule has 2 rings (SSSR count). The zero-order valence-corrected chi connectivity index (χ0v) is 11.2. The van der Waals surface area contributed by atoms with Crippen molar-refractivity contribution < 1.29 is 9.90 Å². The predicted octanol–water partition coefficient (Wildman–Crippen LogP) is 3.26. The first-order valence-corrected chi connectivity index (χ1v) is 6.14. The van der Waals surface area contributed by atoms with E-state index in [0.29, 0.717) is 32.6 Å². The van der Waals surface area contributed by atoms with Crippen LogP contribution in [0.15, 0.2) is 30.5 Å². The maximum atomic E-state index is 10.6. The highest BCUT2D eigenvalue weighted by Crippen LogP contribution is 2.31. The Balaban J connectivity index is 2.44. The maximum absolute atomic E-state index is 10.6. The second-order valence-electron chi connectivity index (χ2n) is 3.95. The number of nitrogens with two attached hydrogens (primary N) is 1. The summed E-state index contributed by atoms with van der Waals surface area (Å²) in [5.74, 6) is -0.979. The predicted molar refractivity (Wildman–Crippen MR) is 75.4 cm³/mol. The van der Waals surface area contributed by atoms with Crippen molar-refractivity contribution in [3.63, 3.8) is 0 Å². The summed E-state index contributed by atoms with van der Waals surface area (Å²) in [5, 5.41) is 9.80. The summed E-state index contributed by atoms with van der Waals surface area (Å²) in [6.07, 6.45) is 1.32. The average Bonchev–Trinajstić information content (AvgIpc) is 2.34. The molecule has 6 heteroatoms. The Labute approximate surface area is 119 Å². The van der Waals surface area contributed by atoms with Crippen LogP contribution >= 0.6 is 23.2 Å². The summed E-state index contributed by atoms with van der Waals surface area (Å²) >= 11 is 12.0. The van der Waals surface area contributed by atoms with Crippen molar-refractivity contribution in [2.24, 2.45) is 0 Å². The Morgan fingerprint density at radius 3 is 2.68 bits per heavy atom. The minimum atomic E-state index is -0.979. The minimum absolute atomic E-state index is 0.213. The highest BCUT2D eigenvalue weighted by molar-refractivity contribution is 6.35. The molecule has 0 saturated heterocycles. The van der Waals surface area contributed by atoms with Crippen molar-refractivity contribution in [1.82, 2.24) is 4.98 Å². The minimum Gasteiger partial charge on any atom is -0.481 e. The molecule has 3 N–H and O–H groups in total. The smallest absolute Gasteiger partial charge is 0.309 e. The number of hydrogen-bond acceptors (Lipinski definition) is 3. The van der Waals surface area contributed by atoms with Crippen LogP contribution in [0.4, 0.5) is 5.69 Å². The second kappa shape index (κ2) is 5.47. The quantitative estimate of drug-likeness (QED) is 0.911. The van der Waals surface area contributed by atoms with E-state index in [1.54, 1.807) is 24.3 Å². The van der Waals surface area contributed by atoms with E-state index >= 15 is 0 Å². The molecule has 19 heavy (non-hydrogen) atoms. The topological polar surface area (TPSA) is 76.2 Å². The molecule has 0 spiro atoms. The van der Waals surface area contributed by atoms with Crippen molar-refractivity contribution >= 4 is 34.9 Å².